The largest absolute Gasteiger partial charge is 0.396 e. The maximum Gasteiger partial charge on any atom is 0.0433 e. The van der Waals surface area contributed by atoms with Crippen molar-refractivity contribution in [3.63, 3.8) is 0 Å². The maximum atomic E-state index is 8.97. The molecular weight excluding hydrogens is 150 g/mol. The summed E-state index contributed by atoms with van der Waals surface area (Å²) in [4.78, 5) is 2.67. The van der Waals surface area contributed by atoms with Crippen molar-refractivity contribution in [2.24, 2.45) is 17.8 Å². The second-order valence-corrected chi connectivity index (χ2v) is 4.78. The van der Waals surface area contributed by atoms with Gasteiger partial charge >= 0.3 is 0 Å². The SMILES string of the molecule is OCCC1C2CC3CC1CN3C2. The van der Waals surface area contributed by atoms with E-state index in [1.165, 1.54) is 25.9 Å². The lowest BCUT2D eigenvalue weighted by Crippen LogP contribution is -2.35. The molecule has 68 valence electrons. The molecule has 2 unspecified atom stereocenters. The van der Waals surface area contributed by atoms with E-state index < -0.39 is 0 Å². The van der Waals surface area contributed by atoms with Crippen LogP contribution in [0, 0.1) is 17.8 Å². The lowest BCUT2D eigenvalue weighted by molar-refractivity contribution is 0.125. The van der Waals surface area contributed by atoms with E-state index in [9.17, 15) is 0 Å². The number of aliphatic hydroxyl groups excluding tert-OH is 1. The van der Waals surface area contributed by atoms with Crippen molar-refractivity contribution >= 4 is 0 Å². The average molecular weight is 167 g/mol. The second kappa shape index (κ2) is 2.46. The quantitative estimate of drug-likeness (QED) is 0.654. The zero-order valence-electron chi connectivity index (χ0n) is 7.45. The molecule has 0 aromatic heterocycles. The van der Waals surface area contributed by atoms with Crippen LogP contribution in [-0.4, -0.2) is 35.7 Å². The molecule has 0 radical (unpaired) electrons. The number of piperidine rings is 1. The molecule has 4 rings (SSSR count). The number of rotatable bonds is 2. The van der Waals surface area contributed by atoms with Gasteiger partial charge in [0.15, 0.2) is 0 Å². The Balaban J connectivity index is 1.79. The van der Waals surface area contributed by atoms with Crippen LogP contribution in [0.2, 0.25) is 0 Å². The Bertz CT molecular complexity index is 164. The minimum absolute atomic E-state index is 0.405. The molecule has 2 nitrogen and oxygen atoms in total. The van der Waals surface area contributed by atoms with Crippen LogP contribution in [0.1, 0.15) is 19.3 Å². The highest BCUT2D eigenvalue weighted by Gasteiger charge is 2.51. The summed E-state index contributed by atoms with van der Waals surface area (Å²) in [6.07, 6.45) is 3.93. The first-order valence-electron chi connectivity index (χ1n) is 5.23. The molecule has 0 amide bonds. The van der Waals surface area contributed by atoms with Gasteiger partial charge in [-0.1, -0.05) is 0 Å². The first-order chi connectivity index (χ1) is 5.88. The molecule has 4 fully saturated rings. The maximum absolute atomic E-state index is 8.97. The molecule has 0 aromatic rings. The minimum Gasteiger partial charge on any atom is -0.396 e. The number of hydrogen-bond donors (Lipinski definition) is 1. The van der Waals surface area contributed by atoms with E-state index in [2.05, 4.69) is 4.90 Å². The van der Waals surface area contributed by atoms with Crippen LogP contribution >= 0.6 is 0 Å². The van der Waals surface area contributed by atoms with Crippen LogP contribution in [0.25, 0.3) is 0 Å². The van der Waals surface area contributed by atoms with E-state index in [1.807, 2.05) is 0 Å². The summed E-state index contributed by atoms with van der Waals surface area (Å²) in [5.74, 6) is 2.74. The van der Waals surface area contributed by atoms with E-state index in [1.54, 1.807) is 0 Å². The monoisotopic (exact) mass is 167 g/mol. The molecule has 2 heteroatoms. The van der Waals surface area contributed by atoms with E-state index in [0.717, 1.165) is 30.2 Å². The highest BCUT2D eigenvalue weighted by molar-refractivity contribution is 5.03. The summed E-state index contributed by atoms with van der Waals surface area (Å²) < 4.78 is 0. The number of hydrogen-bond acceptors (Lipinski definition) is 2. The molecule has 0 aromatic carbocycles. The van der Waals surface area contributed by atoms with Crippen LogP contribution in [0.4, 0.5) is 0 Å². The first-order valence-corrected chi connectivity index (χ1v) is 5.23. The van der Waals surface area contributed by atoms with Crippen molar-refractivity contribution in [2.75, 3.05) is 19.7 Å². The van der Waals surface area contributed by atoms with Crippen LogP contribution in [0.3, 0.4) is 0 Å². The third-order valence-corrected chi connectivity index (χ3v) is 4.28. The van der Waals surface area contributed by atoms with Crippen molar-refractivity contribution in [1.29, 1.82) is 0 Å². The number of nitrogens with zero attached hydrogens (tertiary/aromatic N) is 1. The molecule has 1 N–H and O–H groups in total. The second-order valence-electron chi connectivity index (χ2n) is 4.78. The summed E-state index contributed by atoms with van der Waals surface area (Å²) >= 11 is 0. The van der Waals surface area contributed by atoms with Gasteiger partial charge in [0.05, 0.1) is 0 Å². The lowest BCUT2D eigenvalue weighted by Gasteiger charge is -2.34. The molecule has 3 heterocycles. The van der Waals surface area contributed by atoms with Crippen LogP contribution < -0.4 is 0 Å². The Morgan fingerprint density at radius 3 is 2.33 bits per heavy atom. The molecule has 4 bridgehead atoms. The fraction of sp³-hybridized carbons (Fsp3) is 1.00. The van der Waals surface area contributed by atoms with Crippen molar-refractivity contribution in [3.8, 4) is 0 Å². The molecule has 3 saturated heterocycles. The van der Waals surface area contributed by atoms with Gasteiger partial charge < -0.3 is 5.11 Å². The van der Waals surface area contributed by atoms with Gasteiger partial charge in [0.1, 0.15) is 0 Å². The molecule has 12 heavy (non-hydrogen) atoms. The highest BCUT2D eigenvalue weighted by Crippen LogP contribution is 2.50. The van der Waals surface area contributed by atoms with Crippen molar-refractivity contribution in [1.82, 2.24) is 4.90 Å². The molecular formula is C10H17NO. The van der Waals surface area contributed by atoms with E-state index in [0.29, 0.717) is 6.61 Å². The summed E-state index contributed by atoms with van der Waals surface area (Å²) in [7, 11) is 0. The fourth-order valence-corrected chi connectivity index (χ4v) is 3.84. The van der Waals surface area contributed by atoms with E-state index in [-0.39, 0.29) is 0 Å². The molecule has 1 aliphatic carbocycles. The zero-order valence-corrected chi connectivity index (χ0v) is 7.45. The average Bonchev–Trinajstić information content (AvgIpc) is 2.50. The Labute approximate surface area is 73.6 Å². The van der Waals surface area contributed by atoms with Crippen LogP contribution in [0.15, 0.2) is 0 Å². The predicted octanol–water partition coefficient (Wildman–Crippen LogP) is 0.709. The van der Waals surface area contributed by atoms with Gasteiger partial charge in [0, 0.05) is 25.7 Å². The fourth-order valence-electron chi connectivity index (χ4n) is 3.84. The van der Waals surface area contributed by atoms with Gasteiger partial charge in [-0.3, -0.25) is 4.90 Å². The van der Waals surface area contributed by atoms with Crippen molar-refractivity contribution in [3.05, 3.63) is 0 Å². The van der Waals surface area contributed by atoms with Crippen molar-refractivity contribution < 1.29 is 5.11 Å². The summed E-state index contributed by atoms with van der Waals surface area (Å²) in [6.45, 7) is 3.08. The molecule has 4 aliphatic rings. The van der Waals surface area contributed by atoms with Crippen LogP contribution in [0.5, 0.6) is 0 Å². The standard InChI is InChI=1S/C10H17NO/c12-2-1-10-7-3-9-4-8(10)6-11(9)5-7/h7-10,12H,1-6H2. The normalized spacial score (nSPS) is 55.2. The topological polar surface area (TPSA) is 23.5 Å². The molecule has 0 spiro atoms. The van der Waals surface area contributed by atoms with Gasteiger partial charge in [-0.05, 0) is 37.0 Å². The van der Waals surface area contributed by atoms with Gasteiger partial charge in [-0.25, -0.2) is 0 Å². The third kappa shape index (κ3) is 0.826. The summed E-state index contributed by atoms with van der Waals surface area (Å²) in [5.41, 5.74) is 0. The highest BCUT2D eigenvalue weighted by atomic mass is 16.3. The lowest BCUT2D eigenvalue weighted by atomic mass is 9.72. The van der Waals surface area contributed by atoms with Crippen LogP contribution in [-0.2, 0) is 0 Å². The number of aliphatic hydroxyl groups is 1. The Morgan fingerprint density at radius 1 is 1.17 bits per heavy atom. The zero-order chi connectivity index (χ0) is 8.13. The smallest absolute Gasteiger partial charge is 0.0433 e. The molecule has 1 saturated carbocycles. The minimum atomic E-state index is 0.405. The van der Waals surface area contributed by atoms with Gasteiger partial charge in [0.2, 0.25) is 0 Å². The van der Waals surface area contributed by atoms with Gasteiger partial charge in [-0.15, -0.1) is 0 Å². The van der Waals surface area contributed by atoms with Gasteiger partial charge in [-0.2, -0.15) is 0 Å². The Morgan fingerprint density at radius 2 is 1.83 bits per heavy atom. The Kier molecular flexibility index (Phi) is 1.50. The van der Waals surface area contributed by atoms with E-state index >= 15 is 0 Å². The molecule has 2 atom stereocenters. The third-order valence-electron chi connectivity index (χ3n) is 4.28. The molecule has 3 aliphatic heterocycles. The first kappa shape index (κ1) is 7.34. The summed E-state index contributed by atoms with van der Waals surface area (Å²) in [5, 5.41) is 8.97. The summed E-state index contributed by atoms with van der Waals surface area (Å²) in [6, 6.07) is 0.940. The van der Waals surface area contributed by atoms with Crippen molar-refractivity contribution in [2.45, 2.75) is 25.3 Å². The van der Waals surface area contributed by atoms with E-state index in [4.69, 9.17) is 5.11 Å². The Hall–Kier alpha value is -0.0800. The van der Waals surface area contributed by atoms with Gasteiger partial charge in [0.25, 0.3) is 0 Å². The predicted molar refractivity (Wildman–Crippen MR) is 46.8 cm³/mol.